The van der Waals surface area contributed by atoms with Crippen molar-refractivity contribution < 1.29 is 14.1 Å². The molecule has 0 radical (unpaired) electrons. The molecule has 0 aliphatic carbocycles. The largest absolute Gasteiger partial charge is 0.458 e. The maximum absolute atomic E-state index is 12.8. The first-order valence-electron chi connectivity index (χ1n) is 9.60. The molecule has 3 heteroatoms. The number of unbranched alkanes of at least 4 members (excludes halogenated alkanes) is 1. The lowest BCUT2D eigenvalue weighted by Gasteiger charge is -2.12. The molecule has 3 aromatic rings. The molecule has 3 nitrogen and oxygen atoms in total. The van der Waals surface area contributed by atoms with Crippen molar-refractivity contribution in [2.24, 2.45) is 0 Å². The fourth-order valence-electron chi connectivity index (χ4n) is 3.20. The molecule has 3 rings (SSSR count). The molecule has 0 amide bonds. The predicted octanol–water partition coefficient (Wildman–Crippen LogP) is 5.28. The molecule has 0 bridgehead atoms. The highest BCUT2D eigenvalue weighted by molar-refractivity contribution is 5.88. The van der Waals surface area contributed by atoms with E-state index in [-0.39, 0.29) is 5.97 Å². The minimum atomic E-state index is -0.274. The van der Waals surface area contributed by atoms with Gasteiger partial charge in [0.2, 0.25) is 5.69 Å². The van der Waals surface area contributed by atoms with E-state index >= 15 is 0 Å². The van der Waals surface area contributed by atoms with Crippen molar-refractivity contribution in [1.82, 2.24) is 0 Å². The number of nitrogens with zero attached hydrogens (tertiary/aromatic N) is 1. The van der Waals surface area contributed by atoms with Gasteiger partial charge < -0.3 is 4.74 Å². The summed E-state index contributed by atoms with van der Waals surface area (Å²) in [6.07, 6.45) is 2.06. The molecule has 1 heterocycles. The minimum Gasteiger partial charge on any atom is -0.458 e. The maximum atomic E-state index is 12.8. The molecule has 0 aliphatic rings. The van der Waals surface area contributed by atoms with Gasteiger partial charge in [0.25, 0.3) is 5.69 Å². The van der Waals surface area contributed by atoms with Crippen molar-refractivity contribution in [2.45, 2.75) is 33.2 Å². The highest BCUT2D eigenvalue weighted by atomic mass is 16.5. The van der Waals surface area contributed by atoms with Gasteiger partial charge in [0, 0.05) is 24.1 Å². The quantitative estimate of drug-likeness (QED) is 0.423. The molecule has 27 heavy (non-hydrogen) atoms. The molecule has 0 atom stereocenters. The summed E-state index contributed by atoms with van der Waals surface area (Å²) in [6, 6.07) is 24.5. The molecular weight excluding hydrogens is 334 g/mol. The van der Waals surface area contributed by atoms with Crippen molar-refractivity contribution >= 4 is 5.97 Å². The average molecular weight is 360 g/mol. The van der Waals surface area contributed by atoms with Crippen LogP contribution in [-0.2, 0) is 11.3 Å². The van der Waals surface area contributed by atoms with Gasteiger partial charge in [-0.25, -0.2) is 4.79 Å². The molecule has 0 saturated heterocycles. The number of carbonyl (C=O) groups is 1. The summed E-state index contributed by atoms with van der Waals surface area (Å²) in [7, 11) is 0. The Kier molecular flexibility index (Phi) is 6.37. The molecule has 1 aromatic heterocycles. The number of rotatable bonds is 7. The number of pyridine rings is 1. The zero-order valence-electron chi connectivity index (χ0n) is 16.0. The van der Waals surface area contributed by atoms with E-state index in [0.717, 1.165) is 41.8 Å². The Bertz CT molecular complexity index is 889. The number of carbonyl (C=O) groups excluding carboxylic acids is 1. The Morgan fingerprint density at radius 3 is 2.07 bits per heavy atom. The van der Waals surface area contributed by atoms with E-state index in [2.05, 4.69) is 41.8 Å². The molecule has 0 fully saturated rings. The Morgan fingerprint density at radius 2 is 1.48 bits per heavy atom. The van der Waals surface area contributed by atoms with Crippen LogP contribution in [0.1, 0.15) is 37.2 Å². The van der Waals surface area contributed by atoms with Crippen LogP contribution in [0.15, 0.2) is 72.8 Å². The lowest BCUT2D eigenvalue weighted by atomic mass is 10.0. The van der Waals surface area contributed by atoms with Gasteiger partial charge in [0.05, 0.1) is 6.61 Å². The molecular formula is C24H26NO2+. The van der Waals surface area contributed by atoms with E-state index in [9.17, 15) is 4.79 Å². The number of ether oxygens (including phenoxy) is 1. The minimum absolute atomic E-state index is 0.274. The molecule has 0 spiro atoms. The second-order valence-corrected chi connectivity index (χ2v) is 6.47. The summed E-state index contributed by atoms with van der Waals surface area (Å²) >= 11 is 0. The Hall–Kier alpha value is -2.94. The standard InChI is InChI=1S/C24H26NO2/c1-3-5-16-25-22(20-14-10-7-11-15-20)17-21(19-12-8-6-9-13-19)18-23(25)24(26)27-4-2/h6-15,17-18H,3-5,16H2,1-2H3/q+1. The first kappa shape index (κ1) is 18.8. The van der Waals surface area contributed by atoms with Gasteiger partial charge in [-0.15, -0.1) is 0 Å². The Balaban J connectivity index is 2.24. The topological polar surface area (TPSA) is 30.2 Å². The van der Waals surface area contributed by atoms with E-state index in [1.165, 1.54) is 0 Å². The normalized spacial score (nSPS) is 10.6. The van der Waals surface area contributed by atoms with Gasteiger partial charge in [-0.2, -0.15) is 4.57 Å². The second kappa shape index (κ2) is 9.13. The fraction of sp³-hybridized carbons (Fsp3) is 0.250. The molecule has 0 saturated carbocycles. The van der Waals surface area contributed by atoms with Crippen LogP contribution in [0, 0.1) is 0 Å². The summed E-state index contributed by atoms with van der Waals surface area (Å²) in [5, 5.41) is 0. The van der Waals surface area contributed by atoms with Gasteiger partial charge in [-0.3, -0.25) is 0 Å². The van der Waals surface area contributed by atoms with E-state index in [4.69, 9.17) is 4.74 Å². The van der Waals surface area contributed by atoms with Crippen molar-refractivity contribution in [2.75, 3.05) is 6.61 Å². The number of esters is 1. The van der Waals surface area contributed by atoms with Crippen LogP contribution in [0.4, 0.5) is 0 Å². The summed E-state index contributed by atoms with van der Waals surface area (Å²) in [5.41, 5.74) is 4.84. The Labute approximate surface area is 161 Å². The Morgan fingerprint density at radius 1 is 0.852 bits per heavy atom. The highest BCUT2D eigenvalue weighted by Gasteiger charge is 2.26. The van der Waals surface area contributed by atoms with Gasteiger partial charge in [-0.05, 0) is 30.2 Å². The van der Waals surface area contributed by atoms with Crippen LogP contribution in [0.5, 0.6) is 0 Å². The highest BCUT2D eigenvalue weighted by Crippen LogP contribution is 2.25. The number of benzene rings is 2. The van der Waals surface area contributed by atoms with Crippen LogP contribution < -0.4 is 4.57 Å². The first-order chi connectivity index (χ1) is 13.2. The summed E-state index contributed by atoms with van der Waals surface area (Å²) in [6.45, 7) is 5.14. The molecule has 0 unspecified atom stereocenters. The zero-order valence-corrected chi connectivity index (χ0v) is 16.0. The third kappa shape index (κ3) is 4.43. The van der Waals surface area contributed by atoms with Crippen molar-refractivity contribution in [3.8, 4) is 22.4 Å². The summed E-state index contributed by atoms with van der Waals surface area (Å²) < 4.78 is 7.47. The van der Waals surface area contributed by atoms with Gasteiger partial charge in [0.1, 0.15) is 6.54 Å². The first-order valence-corrected chi connectivity index (χ1v) is 9.60. The van der Waals surface area contributed by atoms with E-state index in [0.29, 0.717) is 12.3 Å². The maximum Gasteiger partial charge on any atom is 0.403 e. The van der Waals surface area contributed by atoms with E-state index in [1.54, 1.807) is 0 Å². The summed E-state index contributed by atoms with van der Waals surface area (Å²) in [4.78, 5) is 12.8. The van der Waals surface area contributed by atoms with E-state index < -0.39 is 0 Å². The van der Waals surface area contributed by atoms with Crippen molar-refractivity contribution in [3.63, 3.8) is 0 Å². The van der Waals surface area contributed by atoms with Crippen LogP contribution in [0.3, 0.4) is 0 Å². The fourth-order valence-corrected chi connectivity index (χ4v) is 3.20. The lowest BCUT2D eigenvalue weighted by molar-refractivity contribution is -0.689. The van der Waals surface area contributed by atoms with Crippen molar-refractivity contribution in [3.05, 3.63) is 78.5 Å². The van der Waals surface area contributed by atoms with Crippen LogP contribution in [0.25, 0.3) is 22.4 Å². The molecule has 2 aromatic carbocycles. The number of aromatic nitrogens is 1. The smallest absolute Gasteiger partial charge is 0.403 e. The monoisotopic (exact) mass is 360 g/mol. The van der Waals surface area contributed by atoms with Gasteiger partial charge in [0.15, 0.2) is 0 Å². The average Bonchev–Trinajstić information content (AvgIpc) is 2.73. The zero-order chi connectivity index (χ0) is 19.1. The van der Waals surface area contributed by atoms with Gasteiger partial charge in [-0.1, -0.05) is 61.9 Å². The SMILES string of the molecule is CCCC[n+]1c(C(=O)OCC)cc(-c2ccccc2)cc1-c1ccccc1. The predicted molar refractivity (Wildman–Crippen MR) is 108 cm³/mol. The van der Waals surface area contributed by atoms with Crippen LogP contribution >= 0.6 is 0 Å². The van der Waals surface area contributed by atoms with Gasteiger partial charge >= 0.3 is 5.97 Å². The van der Waals surface area contributed by atoms with Crippen LogP contribution in [-0.4, -0.2) is 12.6 Å². The second-order valence-electron chi connectivity index (χ2n) is 6.47. The number of hydrogen-bond acceptors (Lipinski definition) is 2. The molecule has 0 N–H and O–H groups in total. The number of hydrogen-bond donors (Lipinski definition) is 0. The lowest BCUT2D eigenvalue weighted by Crippen LogP contribution is -2.43. The third-order valence-electron chi connectivity index (χ3n) is 4.56. The third-order valence-corrected chi connectivity index (χ3v) is 4.56. The van der Waals surface area contributed by atoms with E-state index in [1.807, 2.05) is 49.4 Å². The summed E-state index contributed by atoms with van der Waals surface area (Å²) in [5.74, 6) is -0.274. The molecule has 0 aliphatic heterocycles. The molecule has 138 valence electrons. The van der Waals surface area contributed by atoms with Crippen molar-refractivity contribution in [1.29, 1.82) is 0 Å². The van der Waals surface area contributed by atoms with Crippen LogP contribution in [0.2, 0.25) is 0 Å².